The Morgan fingerprint density at radius 2 is 2.11 bits per heavy atom. The molecule has 0 aliphatic heterocycles. The Kier molecular flexibility index (Phi) is 3.91. The van der Waals surface area contributed by atoms with Crippen molar-refractivity contribution in [1.82, 2.24) is 0 Å². The number of halogens is 2. The molecular weight excluding hydrogens is 238 g/mol. The highest BCUT2D eigenvalue weighted by Crippen LogP contribution is 2.25. The first-order chi connectivity index (χ1) is 8.56. The van der Waals surface area contributed by atoms with Gasteiger partial charge < -0.3 is 11.1 Å². The number of nitrogens with one attached hydrogen (secondary N) is 1. The van der Waals surface area contributed by atoms with Crippen molar-refractivity contribution in [2.75, 3.05) is 5.32 Å². The molecule has 0 bridgehead atoms. The van der Waals surface area contributed by atoms with Gasteiger partial charge in [-0.1, -0.05) is 6.42 Å². The van der Waals surface area contributed by atoms with Gasteiger partial charge in [0.15, 0.2) is 0 Å². The van der Waals surface area contributed by atoms with Gasteiger partial charge in [-0.2, -0.15) is 0 Å². The Morgan fingerprint density at radius 3 is 2.78 bits per heavy atom. The van der Waals surface area contributed by atoms with Gasteiger partial charge in [-0.3, -0.25) is 4.79 Å². The van der Waals surface area contributed by atoms with E-state index in [2.05, 4.69) is 5.32 Å². The van der Waals surface area contributed by atoms with Crippen LogP contribution in [0.15, 0.2) is 18.2 Å². The molecule has 2 rings (SSSR count). The van der Waals surface area contributed by atoms with Gasteiger partial charge in [-0.15, -0.1) is 0 Å². The number of carbonyl (C=O) groups is 1. The Balaban J connectivity index is 2.02. The van der Waals surface area contributed by atoms with Crippen LogP contribution in [-0.4, -0.2) is 11.9 Å². The molecule has 2 unspecified atom stereocenters. The zero-order chi connectivity index (χ0) is 13.1. The Bertz CT molecular complexity index is 451. The average molecular weight is 254 g/mol. The monoisotopic (exact) mass is 254 g/mol. The first kappa shape index (κ1) is 13.0. The van der Waals surface area contributed by atoms with E-state index >= 15 is 0 Å². The van der Waals surface area contributed by atoms with Crippen molar-refractivity contribution in [3.05, 3.63) is 29.8 Å². The first-order valence-corrected chi connectivity index (χ1v) is 6.08. The minimum Gasteiger partial charge on any atom is -0.328 e. The van der Waals surface area contributed by atoms with Gasteiger partial charge >= 0.3 is 0 Å². The zero-order valence-corrected chi connectivity index (χ0v) is 9.96. The van der Waals surface area contributed by atoms with E-state index in [0.717, 1.165) is 31.4 Å². The van der Waals surface area contributed by atoms with Crippen LogP contribution in [-0.2, 0) is 4.79 Å². The largest absolute Gasteiger partial charge is 0.328 e. The van der Waals surface area contributed by atoms with E-state index in [9.17, 15) is 13.6 Å². The van der Waals surface area contributed by atoms with Crippen LogP contribution in [0.25, 0.3) is 0 Å². The molecule has 0 heterocycles. The number of amides is 1. The lowest BCUT2D eigenvalue weighted by Crippen LogP contribution is -2.34. The molecule has 3 nitrogen and oxygen atoms in total. The van der Waals surface area contributed by atoms with E-state index in [1.165, 1.54) is 6.07 Å². The number of anilines is 1. The van der Waals surface area contributed by atoms with Crippen LogP contribution in [0, 0.1) is 17.6 Å². The molecule has 1 aromatic rings. The minimum atomic E-state index is -0.761. The fourth-order valence-electron chi connectivity index (χ4n) is 2.29. The van der Waals surface area contributed by atoms with Crippen molar-refractivity contribution in [1.29, 1.82) is 0 Å². The number of hydrogen-bond donors (Lipinski definition) is 2. The Hall–Kier alpha value is -1.49. The zero-order valence-electron chi connectivity index (χ0n) is 9.96. The van der Waals surface area contributed by atoms with Gasteiger partial charge in [0.25, 0.3) is 0 Å². The van der Waals surface area contributed by atoms with E-state index in [1.54, 1.807) is 0 Å². The molecule has 1 amide bonds. The molecule has 0 aromatic heterocycles. The number of benzene rings is 1. The van der Waals surface area contributed by atoms with Gasteiger partial charge in [0.1, 0.15) is 11.6 Å². The molecule has 2 atom stereocenters. The van der Waals surface area contributed by atoms with Crippen molar-refractivity contribution in [3.8, 4) is 0 Å². The molecular formula is C13H16F2N2O. The van der Waals surface area contributed by atoms with Crippen LogP contribution in [0.5, 0.6) is 0 Å². The van der Waals surface area contributed by atoms with E-state index in [0.29, 0.717) is 6.42 Å². The number of hydrogen-bond acceptors (Lipinski definition) is 2. The summed E-state index contributed by atoms with van der Waals surface area (Å²) < 4.78 is 26.1. The fraction of sp³-hybridized carbons (Fsp3) is 0.462. The Labute approximate surface area is 104 Å². The smallest absolute Gasteiger partial charge is 0.227 e. The standard InChI is InChI=1S/C13H16F2N2O/c14-9-4-5-12(11(15)7-9)17-13(18)8-2-1-3-10(16)6-8/h4-5,7-8,10H,1-3,6,16H2,(H,17,18). The van der Waals surface area contributed by atoms with Crippen LogP contribution in [0.2, 0.25) is 0 Å². The molecule has 0 radical (unpaired) electrons. The fourth-order valence-corrected chi connectivity index (χ4v) is 2.29. The maximum absolute atomic E-state index is 13.4. The molecule has 98 valence electrons. The van der Waals surface area contributed by atoms with Crippen LogP contribution >= 0.6 is 0 Å². The third-order valence-electron chi connectivity index (χ3n) is 3.27. The number of carbonyl (C=O) groups excluding carboxylic acids is 1. The molecule has 0 spiro atoms. The van der Waals surface area contributed by atoms with Crippen molar-refractivity contribution in [3.63, 3.8) is 0 Å². The lowest BCUT2D eigenvalue weighted by Gasteiger charge is -2.25. The maximum Gasteiger partial charge on any atom is 0.227 e. The van der Waals surface area contributed by atoms with Crippen molar-refractivity contribution in [2.24, 2.45) is 11.7 Å². The van der Waals surface area contributed by atoms with Crippen LogP contribution in [0.3, 0.4) is 0 Å². The molecule has 1 aromatic carbocycles. The predicted molar refractivity (Wildman–Crippen MR) is 64.9 cm³/mol. The topological polar surface area (TPSA) is 55.1 Å². The minimum absolute atomic E-state index is 0.0144. The van der Waals surface area contributed by atoms with Gasteiger partial charge in [0.05, 0.1) is 5.69 Å². The predicted octanol–water partition coefficient (Wildman–Crippen LogP) is 2.42. The lowest BCUT2D eigenvalue weighted by molar-refractivity contribution is -0.120. The molecule has 1 fully saturated rings. The summed E-state index contributed by atoms with van der Waals surface area (Å²) in [7, 11) is 0. The number of nitrogens with two attached hydrogens (primary N) is 1. The molecule has 3 N–H and O–H groups in total. The summed E-state index contributed by atoms with van der Waals surface area (Å²) in [5, 5.41) is 2.49. The summed E-state index contributed by atoms with van der Waals surface area (Å²) >= 11 is 0. The third-order valence-corrected chi connectivity index (χ3v) is 3.27. The summed E-state index contributed by atoms with van der Waals surface area (Å²) in [5.74, 6) is -1.84. The summed E-state index contributed by atoms with van der Waals surface area (Å²) in [6.07, 6.45) is 3.22. The van der Waals surface area contributed by atoms with Crippen molar-refractivity contribution in [2.45, 2.75) is 31.7 Å². The molecule has 1 saturated carbocycles. The number of rotatable bonds is 2. The van der Waals surface area contributed by atoms with Gasteiger partial charge in [-0.25, -0.2) is 8.78 Å². The molecule has 1 aliphatic carbocycles. The molecule has 1 aliphatic rings. The van der Waals surface area contributed by atoms with Gasteiger partial charge in [0, 0.05) is 18.0 Å². The van der Waals surface area contributed by atoms with Crippen LogP contribution in [0.1, 0.15) is 25.7 Å². The van der Waals surface area contributed by atoms with Gasteiger partial charge in [-0.05, 0) is 31.4 Å². The average Bonchev–Trinajstić information content (AvgIpc) is 2.32. The maximum atomic E-state index is 13.4. The summed E-state index contributed by atoms with van der Waals surface area (Å²) in [6.45, 7) is 0. The highest BCUT2D eigenvalue weighted by atomic mass is 19.1. The highest BCUT2D eigenvalue weighted by molar-refractivity contribution is 5.92. The summed E-state index contributed by atoms with van der Waals surface area (Å²) in [5.41, 5.74) is 5.82. The molecule has 0 saturated heterocycles. The highest BCUT2D eigenvalue weighted by Gasteiger charge is 2.25. The van der Waals surface area contributed by atoms with E-state index in [1.807, 2.05) is 0 Å². The second-order valence-corrected chi connectivity index (χ2v) is 4.74. The quantitative estimate of drug-likeness (QED) is 0.851. The van der Waals surface area contributed by atoms with Crippen molar-refractivity contribution < 1.29 is 13.6 Å². The van der Waals surface area contributed by atoms with Gasteiger partial charge in [0.2, 0.25) is 5.91 Å². The third kappa shape index (κ3) is 3.04. The summed E-state index contributed by atoms with van der Waals surface area (Å²) in [4.78, 5) is 11.9. The van der Waals surface area contributed by atoms with Crippen LogP contribution in [0.4, 0.5) is 14.5 Å². The lowest BCUT2D eigenvalue weighted by atomic mass is 9.85. The second-order valence-electron chi connectivity index (χ2n) is 4.74. The first-order valence-electron chi connectivity index (χ1n) is 6.08. The van der Waals surface area contributed by atoms with Crippen LogP contribution < -0.4 is 11.1 Å². The molecule has 5 heteroatoms. The SMILES string of the molecule is NC1CCCC(C(=O)Nc2ccc(F)cc2F)C1. The second kappa shape index (κ2) is 5.44. The van der Waals surface area contributed by atoms with E-state index in [4.69, 9.17) is 5.73 Å². The van der Waals surface area contributed by atoms with E-state index in [-0.39, 0.29) is 23.6 Å². The Morgan fingerprint density at radius 1 is 1.33 bits per heavy atom. The summed E-state index contributed by atoms with van der Waals surface area (Å²) in [6, 6.07) is 3.13. The molecule has 18 heavy (non-hydrogen) atoms. The van der Waals surface area contributed by atoms with E-state index < -0.39 is 11.6 Å². The normalized spacial score (nSPS) is 23.7. The van der Waals surface area contributed by atoms with Crippen molar-refractivity contribution >= 4 is 11.6 Å².